The Kier molecular flexibility index (Phi) is 7.80. The second-order valence-corrected chi connectivity index (χ2v) is 10.1. The molecular weight excluding hydrogens is 466 g/mol. The summed E-state index contributed by atoms with van der Waals surface area (Å²) >= 11 is 1.43. The number of nitrogens with zero attached hydrogens (tertiary/aromatic N) is 3. The summed E-state index contributed by atoms with van der Waals surface area (Å²) in [6.45, 7) is 3.49. The molecule has 0 radical (unpaired) electrons. The molecule has 0 spiro atoms. The zero-order valence-corrected chi connectivity index (χ0v) is 21.2. The molecule has 4 rings (SSSR count). The average Bonchev–Trinajstić information content (AvgIpc) is 3.39. The zero-order valence-electron chi connectivity index (χ0n) is 20.3. The molecule has 1 aliphatic carbocycles. The molecule has 10 heteroatoms. The topological polar surface area (TPSA) is 119 Å². The third kappa shape index (κ3) is 6.05. The molecule has 3 aromatic rings. The first-order chi connectivity index (χ1) is 16.9. The van der Waals surface area contributed by atoms with Crippen LogP contribution in [0.3, 0.4) is 0 Å². The maximum absolute atomic E-state index is 12.6. The lowest BCUT2D eigenvalue weighted by Gasteiger charge is -2.30. The number of methoxy groups -OCH3 is 1. The van der Waals surface area contributed by atoms with E-state index in [2.05, 4.69) is 25.8 Å². The molecule has 0 unspecified atom stereocenters. The zero-order chi connectivity index (χ0) is 24.8. The molecule has 0 saturated heterocycles. The van der Waals surface area contributed by atoms with Crippen LogP contribution >= 0.6 is 11.3 Å². The van der Waals surface area contributed by atoms with E-state index in [4.69, 9.17) is 9.26 Å². The summed E-state index contributed by atoms with van der Waals surface area (Å²) in [5.41, 5.74) is 1.20. The molecule has 186 valence electrons. The van der Waals surface area contributed by atoms with E-state index in [-0.39, 0.29) is 18.2 Å². The van der Waals surface area contributed by atoms with Gasteiger partial charge in [0.2, 0.25) is 17.7 Å². The number of ether oxygens (including phenoxy) is 1. The smallest absolute Gasteiger partial charge is 0.227 e. The van der Waals surface area contributed by atoms with Crippen molar-refractivity contribution in [1.29, 1.82) is 0 Å². The monoisotopic (exact) mass is 497 g/mol. The molecule has 35 heavy (non-hydrogen) atoms. The van der Waals surface area contributed by atoms with Crippen LogP contribution in [-0.2, 0) is 21.5 Å². The third-order valence-electron chi connectivity index (χ3n) is 6.24. The predicted octanol–water partition coefficient (Wildman–Crippen LogP) is 4.77. The summed E-state index contributed by atoms with van der Waals surface area (Å²) < 4.78 is 10.7. The average molecular weight is 498 g/mol. The minimum atomic E-state index is -0.595. The standard InChI is InChI=1S/C25H31N5O4S/c1-16-22(18-8-10-19(33-3)11-9-18)28-24(35-16)26-20(32)12-13-21-27-23(30-34-21)25(29-17(2)31)14-6-4-5-7-15-25/h8-11H,4-7,12-15H2,1-3H3,(H,29,31)(H,26,28,32). The fraction of sp³-hybridized carbons (Fsp3) is 0.480. The van der Waals surface area contributed by atoms with E-state index in [1.165, 1.54) is 18.3 Å². The van der Waals surface area contributed by atoms with Crippen LogP contribution in [0, 0.1) is 6.92 Å². The molecule has 9 nitrogen and oxygen atoms in total. The first-order valence-corrected chi connectivity index (χ1v) is 12.7. The van der Waals surface area contributed by atoms with Crippen LogP contribution in [0.4, 0.5) is 5.13 Å². The van der Waals surface area contributed by atoms with Gasteiger partial charge in [-0.25, -0.2) is 4.98 Å². The summed E-state index contributed by atoms with van der Waals surface area (Å²) in [4.78, 5) is 34.6. The number of carbonyl (C=O) groups excluding carboxylic acids is 2. The Bertz CT molecular complexity index is 1160. The quantitative estimate of drug-likeness (QED) is 0.430. The highest BCUT2D eigenvalue weighted by Gasteiger charge is 2.38. The van der Waals surface area contributed by atoms with Crippen molar-refractivity contribution in [3.63, 3.8) is 0 Å². The highest BCUT2D eigenvalue weighted by atomic mass is 32.1. The van der Waals surface area contributed by atoms with E-state index in [1.807, 2.05) is 31.2 Å². The number of aryl methyl sites for hydroxylation is 2. The number of carbonyl (C=O) groups is 2. The molecule has 2 amide bonds. The Morgan fingerprint density at radius 2 is 1.83 bits per heavy atom. The van der Waals surface area contributed by atoms with E-state index < -0.39 is 5.54 Å². The molecular formula is C25H31N5O4S. The molecule has 1 aromatic carbocycles. The van der Waals surface area contributed by atoms with Gasteiger partial charge >= 0.3 is 0 Å². The fourth-order valence-corrected chi connectivity index (χ4v) is 5.35. The van der Waals surface area contributed by atoms with Gasteiger partial charge in [0.15, 0.2) is 11.0 Å². The molecule has 2 aromatic heterocycles. The van der Waals surface area contributed by atoms with Crippen molar-refractivity contribution < 1.29 is 18.8 Å². The van der Waals surface area contributed by atoms with E-state index in [0.29, 0.717) is 23.3 Å². The van der Waals surface area contributed by atoms with Crippen molar-refractivity contribution in [2.75, 3.05) is 12.4 Å². The number of thiazole rings is 1. The van der Waals surface area contributed by atoms with Crippen molar-refractivity contribution in [2.24, 2.45) is 0 Å². The van der Waals surface area contributed by atoms with Gasteiger partial charge < -0.3 is 19.9 Å². The first kappa shape index (κ1) is 24.8. The Morgan fingerprint density at radius 1 is 1.11 bits per heavy atom. The Labute approximate surface area is 208 Å². The maximum atomic E-state index is 12.6. The second kappa shape index (κ2) is 11.0. The highest BCUT2D eigenvalue weighted by Crippen LogP contribution is 2.35. The van der Waals surface area contributed by atoms with Gasteiger partial charge in [0.25, 0.3) is 0 Å². The van der Waals surface area contributed by atoms with Crippen LogP contribution in [0.25, 0.3) is 11.3 Å². The fourth-order valence-electron chi connectivity index (χ4n) is 4.49. The van der Waals surface area contributed by atoms with E-state index in [9.17, 15) is 9.59 Å². The molecule has 0 atom stereocenters. The number of hydrogen-bond acceptors (Lipinski definition) is 8. The summed E-state index contributed by atoms with van der Waals surface area (Å²) in [5, 5.41) is 10.7. The Morgan fingerprint density at radius 3 is 2.49 bits per heavy atom. The molecule has 2 heterocycles. The maximum Gasteiger partial charge on any atom is 0.227 e. The second-order valence-electron chi connectivity index (χ2n) is 8.89. The van der Waals surface area contributed by atoms with Crippen molar-refractivity contribution in [1.82, 2.24) is 20.4 Å². The minimum Gasteiger partial charge on any atom is -0.497 e. The van der Waals surface area contributed by atoms with Crippen molar-refractivity contribution in [3.8, 4) is 17.0 Å². The van der Waals surface area contributed by atoms with Crippen molar-refractivity contribution in [3.05, 3.63) is 40.9 Å². The Hall–Kier alpha value is -3.27. The van der Waals surface area contributed by atoms with Gasteiger partial charge in [0.1, 0.15) is 11.3 Å². The summed E-state index contributed by atoms with van der Waals surface area (Å²) in [6, 6.07) is 7.66. The number of aromatic nitrogens is 3. The van der Waals surface area contributed by atoms with Crippen LogP contribution < -0.4 is 15.4 Å². The van der Waals surface area contributed by atoms with Gasteiger partial charge in [-0.15, -0.1) is 11.3 Å². The number of hydrogen-bond donors (Lipinski definition) is 2. The van der Waals surface area contributed by atoms with E-state index in [1.54, 1.807) is 7.11 Å². The molecule has 0 aliphatic heterocycles. The van der Waals surface area contributed by atoms with Gasteiger partial charge in [-0.05, 0) is 44.0 Å². The first-order valence-electron chi connectivity index (χ1n) is 11.9. The van der Waals surface area contributed by atoms with E-state index in [0.717, 1.165) is 60.4 Å². The van der Waals surface area contributed by atoms with Gasteiger partial charge in [0.05, 0.1) is 12.8 Å². The summed E-state index contributed by atoms with van der Waals surface area (Å²) in [7, 11) is 1.63. The normalized spacial score (nSPS) is 15.3. The van der Waals surface area contributed by atoms with Gasteiger partial charge in [-0.3, -0.25) is 9.59 Å². The molecule has 1 fully saturated rings. The largest absolute Gasteiger partial charge is 0.497 e. The lowest BCUT2D eigenvalue weighted by Crippen LogP contribution is -2.45. The Balaban J connectivity index is 1.37. The molecule has 2 N–H and O–H groups in total. The van der Waals surface area contributed by atoms with Crippen LogP contribution in [0.2, 0.25) is 0 Å². The molecule has 1 saturated carbocycles. The predicted molar refractivity (Wildman–Crippen MR) is 133 cm³/mol. The SMILES string of the molecule is COc1ccc(-c2nc(NC(=O)CCc3nc(C4(NC(C)=O)CCCCCC4)no3)sc2C)cc1. The number of anilines is 1. The van der Waals surface area contributed by atoms with Crippen molar-refractivity contribution in [2.45, 2.75) is 70.8 Å². The highest BCUT2D eigenvalue weighted by molar-refractivity contribution is 7.16. The molecule has 0 bridgehead atoms. The summed E-state index contributed by atoms with van der Waals surface area (Å²) in [5.74, 6) is 1.39. The summed E-state index contributed by atoms with van der Waals surface area (Å²) in [6.07, 6.45) is 6.32. The lowest BCUT2D eigenvalue weighted by molar-refractivity contribution is -0.121. The van der Waals surface area contributed by atoms with E-state index >= 15 is 0 Å². The van der Waals surface area contributed by atoms with Crippen LogP contribution in [0.1, 0.15) is 68.5 Å². The minimum absolute atomic E-state index is 0.106. The molecule has 1 aliphatic rings. The van der Waals surface area contributed by atoms with Crippen molar-refractivity contribution >= 4 is 28.3 Å². The number of amides is 2. The third-order valence-corrected chi connectivity index (χ3v) is 7.13. The number of benzene rings is 1. The number of nitrogens with one attached hydrogen (secondary N) is 2. The van der Waals surface area contributed by atoms with Gasteiger partial charge in [-0.2, -0.15) is 4.98 Å². The van der Waals surface area contributed by atoms with Crippen LogP contribution in [0.15, 0.2) is 28.8 Å². The van der Waals surface area contributed by atoms with Crippen LogP contribution in [0.5, 0.6) is 5.75 Å². The van der Waals surface area contributed by atoms with Gasteiger partial charge in [-0.1, -0.05) is 30.8 Å². The van der Waals surface area contributed by atoms with Gasteiger partial charge in [0, 0.05) is 30.2 Å². The number of rotatable bonds is 8. The van der Waals surface area contributed by atoms with Crippen LogP contribution in [-0.4, -0.2) is 34.0 Å². The lowest BCUT2D eigenvalue weighted by atomic mass is 9.89.